The van der Waals surface area contributed by atoms with Crippen molar-refractivity contribution in [2.45, 2.75) is 70.5 Å². The van der Waals surface area contributed by atoms with Gasteiger partial charge in [0.05, 0.1) is 18.6 Å². The molecule has 0 aliphatic carbocycles. The summed E-state index contributed by atoms with van der Waals surface area (Å²) in [7, 11) is -0.748. The first-order chi connectivity index (χ1) is 20.6. The Morgan fingerprint density at radius 1 is 1.02 bits per heavy atom. The van der Waals surface area contributed by atoms with Gasteiger partial charge in [-0.1, -0.05) is 17.7 Å². The molecule has 1 heterocycles. The van der Waals surface area contributed by atoms with Crippen molar-refractivity contribution in [3.63, 3.8) is 0 Å². The smallest absolute Gasteiger partial charge is 0.410 e. The molecule has 1 aliphatic heterocycles. The van der Waals surface area contributed by atoms with E-state index in [1.165, 1.54) is 12.0 Å². The lowest BCUT2D eigenvalue weighted by Gasteiger charge is -2.31. The summed E-state index contributed by atoms with van der Waals surface area (Å²) in [5.41, 5.74) is 0.621. The van der Waals surface area contributed by atoms with Crippen molar-refractivity contribution >= 4 is 22.0 Å². The lowest BCUT2D eigenvalue weighted by atomic mass is 10.0. The monoisotopic (exact) mass is 633 g/mol. The van der Waals surface area contributed by atoms with Gasteiger partial charge in [0.1, 0.15) is 5.60 Å². The molecule has 244 valence electrons. The number of sulfonamides is 1. The van der Waals surface area contributed by atoms with Crippen molar-refractivity contribution in [1.82, 2.24) is 14.5 Å². The molecule has 1 fully saturated rings. The highest BCUT2D eigenvalue weighted by molar-refractivity contribution is 7.89. The maximum absolute atomic E-state index is 13.9. The van der Waals surface area contributed by atoms with Crippen LogP contribution in [0.4, 0.5) is 4.79 Å². The number of benzene rings is 2. The zero-order valence-electron chi connectivity index (χ0n) is 27.1. The van der Waals surface area contributed by atoms with Gasteiger partial charge < -0.3 is 28.7 Å². The second kappa shape index (κ2) is 15.1. The molecule has 2 aromatic carbocycles. The van der Waals surface area contributed by atoms with Crippen LogP contribution < -0.4 is 14.2 Å². The summed E-state index contributed by atoms with van der Waals surface area (Å²) < 4.78 is 51.6. The minimum atomic E-state index is -3.90. The SMILES string of the molecule is COCCCOc1cc(C(=O)N(C[C@H]2CN(C(=O)OC(C)(C)C)C[C@H]2NS(=O)(=O)c2ccc(C)cc2)C(C)C)ccc1OC. The summed E-state index contributed by atoms with van der Waals surface area (Å²) >= 11 is 0. The van der Waals surface area contributed by atoms with E-state index in [4.69, 9.17) is 18.9 Å². The van der Waals surface area contributed by atoms with Crippen molar-refractivity contribution in [2.24, 2.45) is 5.92 Å². The molecule has 0 spiro atoms. The third kappa shape index (κ3) is 9.57. The first kappa shape index (κ1) is 35.1. The Hall–Kier alpha value is -3.35. The summed E-state index contributed by atoms with van der Waals surface area (Å²) in [6, 6.07) is 10.7. The van der Waals surface area contributed by atoms with Crippen LogP contribution in [0.15, 0.2) is 47.4 Å². The van der Waals surface area contributed by atoms with Crippen LogP contribution in [0.1, 0.15) is 57.0 Å². The third-order valence-electron chi connectivity index (χ3n) is 7.21. The topological polar surface area (TPSA) is 124 Å². The molecular weight excluding hydrogens is 586 g/mol. The molecule has 0 saturated carbocycles. The third-order valence-corrected chi connectivity index (χ3v) is 8.71. The number of nitrogens with zero attached hydrogens (tertiary/aromatic N) is 2. The molecule has 3 rings (SSSR count). The first-order valence-corrected chi connectivity index (χ1v) is 16.3. The predicted octanol–water partition coefficient (Wildman–Crippen LogP) is 4.48. The van der Waals surface area contributed by atoms with Gasteiger partial charge in [0.2, 0.25) is 10.0 Å². The van der Waals surface area contributed by atoms with Crippen molar-refractivity contribution in [3.8, 4) is 11.5 Å². The van der Waals surface area contributed by atoms with Gasteiger partial charge in [-0.15, -0.1) is 0 Å². The highest BCUT2D eigenvalue weighted by Gasteiger charge is 2.41. The molecule has 0 radical (unpaired) electrons. The number of hydrogen-bond donors (Lipinski definition) is 1. The zero-order valence-corrected chi connectivity index (χ0v) is 27.9. The lowest BCUT2D eigenvalue weighted by molar-refractivity contribution is 0.0283. The van der Waals surface area contributed by atoms with Gasteiger partial charge >= 0.3 is 6.09 Å². The van der Waals surface area contributed by atoms with E-state index in [9.17, 15) is 18.0 Å². The number of ether oxygens (including phenoxy) is 4. The molecule has 2 atom stereocenters. The molecule has 0 aromatic heterocycles. The number of rotatable bonds is 13. The number of methoxy groups -OCH3 is 2. The number of carbonyl (C=O) groups is 2. The molecule has 11 nitrogen and oxygen atoms in total. The van der Waals surface area contributed by atoms with E-state index in [-0.39, 0.29) is 36.5 Å². The Morgan fingerprint density at radius 2 is 1.70 bits per heavy atom. The fraction of sp³-hybridized carbons (Fsp3) is 0.562. The van der Waals surface area contributed by atoms with Crippen LogP contribution in [0.3, 0.4) is 0 Å². The largest absolute Gasteiger partial charge is 0.493 e. The Labute approximate surface area is 261 Å². The van der Waals surface area contributed by atoms with Crippen molar-refractivity contribution in [2.75, 3.05) is 47.1 Å². The number of likely N-dealkylation sites (tertiary alicyclic amines) is 1. The lowest BCUT2D eigenvalue weighted by Crippen LogP contribution is -2.47. The summed E-state index contributed by atoms with van der Waals surface area (Å²) in [6.45, 7) is 12.5. The Kier molecular flexibility index (Phi) is 12.0. The minimum absolute atomic E-state index is 0.104. The fourth-order valence-corrected chi connectivity index (χ4v) is 6.20. The molecule has 12 heteroatoms. The van der Waals surface area contributed by atoms with Crippen LogP contribution in [-0.4, -0.2) is 95.0 Å². The highest BCUT2D eigenvalue weighted by Crippen LogP contribution is 2.30. The van der Waals surface area contributed by atoms with E-state index < -0.39 is 33.7 Å². The minimum Gasteiger partial charge on any atom is -0.493 e. The van der Waals surface area contributed by atoms with E-state index in [0.717, 1.165) is 5.56 Å². The van der Waals surface area contributed by atoms with Crippen LogP contribution in [0.2, 0.25) is 0 Å². The normalized spacial score (nSPS) is 17.1. The maximum Gasteiger partial charge on any atom is 0.410 e. The predicted molar refractivity (Wildman–Crippen MR) is 168 cm³/mol. The summed E-state index contributed by atoms with van der Waals surface area (Å²) in [5, 5.41) is 0. The number of nitrogens with one attached hydrogen (secondary N) is 1. The van der Waals surface area contributed by atoms with Crippen LogP contribution in [0, 0.1) is 12.8 Å². The fourth-order valence-electron chi connectivity index (χ4n) is 4.90. The number of hydrogen-bond acceptors (Lipinski definition) is 8. The molecule has 2 aromatic rings. The van der Waals surface area contributed by atoms with E-state index in [1.54, 1.807) is 75.2 Å². The summed E-state index contributed by atoms with van der Waals surface area (Å²) in [4.78, 5) is 30.3. The summed E-state index contributed by atoms with van der Waals surface area (Å²) in [5.74, 6) is 0.292. The van der Waals surface area contributed by atoms with Gasteiger partial charge in [0.25, 0.3) is 5.91 Å². The van der Waals surface area contributed by atoms with E-state index in [0.29, 0.717) is 36.7 Å². The first-order valence-electron chi connectivity index (χ1n) is 14.8. The molecule has 1 saturated heterocycles. The summed E-state index contributed by atoms with van der Waals surface area (Å²) in [6.07, 6.45) is 0.137. The van der Waals surface area contributed by atoms with Gasteiger partial charge in [0, 0.05) is 63.3 Å². The van der Waals surface area contributed by atoms with Gasteiger partial charge in [-0.2, -0.15) is 0 Å². The van der Waals surface area contributed by atoms with Crippen molar-refractivity contribution in [1.29, 1.82) is 0 Å². The van der Waals surface area contributed by atoms with E-state index in [2.05, 4.69) is 4.72 Å². The zero-order chi connectivity index (χ0) is 32.7. The van der Waals surface area contributed by atoms with Crippen molar-refractivity contribution < 1.29 is 37.0 Å². The van der Waals surface area contributed by atoms with Crippen LogP contribution in [-0.2, 0) is 19.5 Å². The molecule has 0 unspecified atom stereocenters. The highest BCUT2D eigenvalue weighted by atomic mass is 32.2. The average Bonchev–Trinajstić information content (AvgIpc) is 3.34. The second-order valence-electron chi connectivity index (χ2n) is 12.3. The molecule has 1 N–H and O–H groups in total. The van der Waals surface area contributed by atoms with Crippen LogP contribution in [0.5, 0.6) is 11.5 Å². The Balaban J connectivity index is 1.88. The molecule has 0 bridgehead atoms. The molecule has 2 amide bonds. The van der Waals surface area contributed by atoms with Gasteiger partial charge in [-0.3, -0.25) is 4.79 Å². The number of aryl methyl sites for hydroxylation is 1. The maximum atomic E-state index is 13.9. The average molecular weight is 634 g/mol. The quantitative estimate of drug-likeness (QED) is 0.320. The Bertz CT molecular complexity index is 1370. The molecular formula is C32H47N3O8S. The van der Waals surface area contributed by atoms with E-state index >= 15 is 0 Å². The number of amides is 2. The molecule has 44 heavy (non-hydrogen) atoms. The molecule has 1 aliphatic rings. The second-order valence-corrected chi connectivity index (χ2v) is 14.0. The standard InChI is InChI=1S/C32H47N3O8S/c1-22(2)35(30(36)24-12-15-28(41-8)29(18-24)42-17-9-16-40-7)20-25-19-34(31(37)43-32(4,5)6)21-27(25)33-44(38,39)26-13-10-23(3)11-14-26/h10-15,18,22,25,27,33H,9,16-17,19-21H2,1-8H3/t25-,27-/m1/s1. The van der Waals surface area contributed by atoms with Crippen LogP contribution in [0.25, 0.3) is 0 Å². The van der Waals surface area contributed by atoms with Crippen molar-refractivity contribution in [3.05, 3.63) is 53.6 Å². The van der Waals surface area contributed by atoms with Gasteiger partial charge in [-0.25, -0.2) is 17.9 Å². The van der Waals surface area contributed by atoms with Gasteiger partial charge in [-0.05, 0) is 71.9 Å². The van der Waals surface area contributed by atoms with E-state index in [1.807, 2.05) is 20.8 Å². The van der Waals surface area contributed by atoms with Gasteiger partial charge in [0.15, 0.2) is 11.5 Å². The number of carbonyl (C=O) groups excluding carboxylic acids is 2. The van der Waals surface area contributed by atoms with Crippen LogP contribution >= 0.6 is 0 Å². The Morgan fingerprint density at radius 3 is 2.30 bits per heavy atom.